The summed E-state index contributed by atoms with van der Waals surface area (Å²) in [4.78, 5) is 10.9. The molecule has 1 atom stereocenters. The zero-order valence-electron chi connectivity index (χ0n) is 15.8. The Morgan fingerprint density at radius 3 is 2.54 bits per heavy atom. The molecule has 1 unspecified atom stereocenters. The van der Waals surface area contributed by atoms with Gasteiger partial charge in [-0.1, -0.05) is 0 Å². The first-order valence-corrected chi connectivity index (χ1v) is 8.44. The lowest BCUT2D eigenvalue weighted by atomic mass is 10.2. The molecular weight excluding hydrogens is 328 g/mol. The molecule has 0 aliphatic carbocycles. The molecule has 3 aromatic rings. The molecule has 0 radical (unpaired) electrons. The first-order valence-electron chi connectivity index (χ1n) is 8.44. The summed E-state index contributed by atoms with van der Waals surface area (Å²) in [5.74, 6) is 2.33. The van der Waals surface area contributed by atoms with E-state index in [9.17, 15) is 0 Å². The van der Waals surface area contributed by atoms with E-state index in [1.54, 1.807) is 7.11 Å². The van der Waals surface area contributed by atoms with E-state index in [0.29, 0.717) is 5.95 Å². The van der Waals surface area contributed by atoms with Gasteiger partial charge in [0.2, 0.25) is 5.95 Å². The van der Waals surface area contributed by atoms with E-state index in [4.69, 9.17) is 4.74 Å². The molecule has 1 aromatic carbocycles. The Bertz CT molecular complexity index is 872. The van der Waals surface area contributed by atoms with Crippen molar-refractivity contribution in [1.29, 1.82) is 0 Å². The normalized spacial score (nSPS) is 11.9. The lowest BCUT2D eigenvalue weighted by molar-refractivity contribution is 0.414. The van der Waals surface area contributed by atoms with Gasteiger partial charge in [0, 0.05) is 37.6 Å². The molecule has 0 amide bonds. The van der Waals surface area contributed by atoms with Crippen molar-refractivity contribution in [2.24, 2.45) is 0 Å². The van der Waals surface area contributed by atoms with Crippen LogP contribution in [0.4, 0.5) is 11.8 Å². The molecule has 0 spiro atoms. The van der Waals surface area contributed by atoms with E-state index >= 15 is 0 Å². The summed E-state index contributed by atoms with van der Waals surface area (Å²) in [7, 11) is 5.60. The molecule has 1 N–H and O–H groups in total. The number of anilines is 2. The van der Waals surface area contributed by atoms with E-state index in [1.165, 1.54) is 0 Å². The van der Waals surface area contributed by atoms with Crippen molar-refractivity contribution in [2.45, 2.75) is 19.9 Å². The van der Waals surface area contributed by atoms with Gasteiger partial charge in [0.05, 0.1) is 25.0 Å². The quantitative estimate of drug-likeness (QED) is 0.735. The first kappa shape index (κ1) is 17.7. The molecule has 2 heterocycles. The zero-order chi connectivity index (χ0) is 18.7. The Kier molecular flexibility index (Phi) is 5.06. The van der Waals surface area contributed by atoms with Crippen LogP contribution in [0.1, 0.15) is 24.1 Å². The summed E-state index contributed by atoms with van der Waals surface area (Å²) < 4.78 is 7.03. The number of aromatic nitrogens is 4. The fraction of sp³-hybridized carbons (Fsp3) is 0.316. The van der Waals surface area contributed by atoms with Crippen molar-refractivity contribution in [3.63, 3.8) is 0 Å². The number of benzene rings is 1. The van der Waals surface area contributed by atoms with Gasteiger partial charge in [-0.2, -0.15) is 10.1 Å². The molecule has 0 fully saturated rings. The van der Waals surface area contributed by atoms with E-state index in [2.05, 4.69) is 27.3 Å². The Labute approximate surface area is 153 Å². The number of rotatable bonds is 6. The van der Waals surface area contributed by atoms with Crippen LogP contribution in [0.15, 0.2) is 42.9 Å². The summed E-state index contributed by atoms with van der Waals surface area (Å²) in [6, 6.07) is 7.81. The number of methoxy groups -OCH3 is 1. The van der Waals surface area contributed by atoms with Crippen LogP contribution in [-0.4, -0.2) is 41.0 Å². The minimum atomic E-state index is 0.0275. The summed E-state index contributed by atoms with van der Waals surface area (Å²) in [6.07, 6.45) is 5.68. The third kappa shape index (κ3) is 3.77. The average Bonchev–Trinajstić information content (AvgIpc) is 3.13. The molecule has 0 saturated heterocycles. The molecule has 26 heavy (non-hydrogen) atoms. The number of aryl methyl sites for hydroxylation is 1. The van der Waals surface area contributed by atoms with Crippen molar-refractivity contribution in [2.75, 3.05) is 31.4 Å². The van der Waals surface area contributed by atoms with Crippen molar-refractivity contribution in [3.8, 4) is 11.4 Å². The van der Waals surface area contributed by atoms with Crippen molar-refractivity contribution < 1.29 is 4.74 Å². The second-order valence-electron chi connectivity index (χ2n) is 6.38. The summed E-state index contributed by atoms with van der Waals surface area (Å²) >= 11 is 0. The SMILES string of the molecule is COc1ccc(-n2cc(C(C)Nc3ncc(C)c(N(C)C)n3)cn2)cc1. The molecule has 0 aliphatic heterocycles. The summed E-state index contributed by atoms with van der Waals surface area (Å²) in [5, 5.41) is 7.79. The minimum absolute atomic E-state index is 0.0275. The van der Waals surface area contributed by atoms with Crippen LogP contribution in [0.5, 0.6) is 5.75 Å². The summed E-state index contributed by atoms with van der Waals surface area (Å²) in [5.41, 5.74) is 3.07. The third-order valence-electron chi connectivity index (χ3n) is 4.15. The highest BCUT2D eigenvalue weighted by atomic mass is 16.5. The van der Waals surface area contributed by atoms with Crippen molar-refractivity contribution >= 4 is 11.8 Å². The van der Waals surface area contributed by atoms with Gasteiger partial charge in [0.1, 0.15) is 11.6 Å². The molecular formula is C19H24N6O. The Morgan fingerprint density at radius 1 is 1.15 bits per heavy atom. The van der Waals surface area contributed by atoms with E-state index in [0.717, 1.165) is 28.4 Å². The highest BCUT2D eigenvalue weighted by Crippen LogP contribution is 2.21. The van der Waals surface area contributed by atoms with E-state index in [1.807, 2.05) is 73.5 Å². The molecule has 7 nitrogen and oxygen atoms in total. The third-order valence-corrected chi connectivity index (χ3v) is 4.15. The van der Waals surface area contributed by atoms with Gasteiger partial charge in [-0.3, -0.25) is 0 Å². The number of hydrogen-bond donors (Lipinski definition) is 1. The van der Waals surface area contributed by atoms with Crippen LogP contribution < -0.4 is 15.0 Å². The van der Waals surface area contributed by atoms with Gasteiger partial charge in [-0.05, 0) is 38.1 Å². The number of ether oxygens (including phenoxy) is 1. The van der Waals surface area contributed by atoms with Crippen LogP contribution in [0, 0.1) is 6.92 Å². The second kappa shape index (κ2) is 7.43. The highest BCUT2D eigenvalue weighted by Gasteiger charge is 2.12. The molecule has 0 bridgehead atoms. The van der Waals surface area contributed by atoms with Gasteiger partial charge in [-0.25, -0.2) is 9.67 Å². The molecule has 0 aliphatic rings. The predicted molar refractivity (Wildman–Crippen MR) is 103 cm³/mol. The van der Waals surface area contributed by atoms with Crippen LogP contribution in [0.2, 0.25) is 0 Å². The monoisotopic (exact) mass is 352 g/mol. The first-order chi connectivity index (χ1) is 12.5. The van der Waals surface area contributed by atoms with Crippen molar-refractivity contribution in [3.05, 3.63) is 54.0 Å². The lowest BCUT2D eigenvalue weighted by Gasteiger charge is -2.17. The molecule has 0 saturated carbocycles. The van der Waals surface area contributed by atoms with Gasteiger partial charge in [0.15, 0.2) is 0 Å². The van der Waals surface area contributed by atoms with E-state index in [-0.39, 0.29) is 6.04 Å². The van der Waals surface area contributed by atoms with Gasteiger partial charge in [-0.15, -0.1) is 0 Å². The predicted octanol–water partition coefficient (Wildman–Crippen LogP) is 3.22. The molecule has 3 rings (SSSR count). The standard InChI is InChI=1S/C19H24N6O/c1-13-10-20-19(23-18(13)24(3)4)22-14(2)15-11-21-25(12-15)16-6-8-17(26-5)9-7-16/h6-12,14H,1-5H3,(H,20,22,23). The maximum Gasteiger partial charge on any atom is 0.225 e. The zero-order valence-corrected chi connectivity index (χ0v) is 15.8. The second-order valence-corrected chi connectivity index (χ2v) is 6.38. The number of nitrogens with zero attached hydrogens (tertiary/aromatic N) is 5. The van der Waals surface area contributed by atoms with E-state index < -0.39 is 0 Å². The minimum Gasteiger partial charge on any atom is -0.497 e. The smallest absolute Gasteiger partial charge is 0.225 e. The van der Waals surface area contributed by atoms with Crippen LogP contribution >= 0.6 is 0 Å². The van der Waals surface area contributed by atoms with Gasteiger partial charge >= 0.3 is 0 Å². The van der Waals surface area contributed by atoms with Crippen LogP contribution in [-0.2, 0) is 0 Å². The summed E-state index contributed by atoms with van der Waals surface area (Å²) in [6.45, 7) is 4.06. The Balaban J connectivity index is 1.75. The highest BCUT2D eigenvalue weighted by molar-refractivity contribution is 5.48. The van der Waals surface area contributed by atoms with Crippen molar-refractivity contribution in [1.82, 2.24) is 19.7 Å². The number of nitrogens with one attached hydrogen (secondary N) is 1. The van der Waals surface area contributed by atoms with Crippen LogP contribution in [0.3, 0.4) is 0 Å². The largest absolute Gasteiger partial charge is 0.497 e. The fourth-order valence-corrected chi connectivity index (χ4v) is 2.67. The molecule has 7 heteroatoms. The Morgan fingerprint density at radius 2 is 1.88 bits per heavy atom. The number of hydrogen-bond acceptors (Lipinski definition) is 6. The maximum atomic E-state index is 5.19. The Hall–Kier alpha value is -3.09. The molecule has 2 aromatic heterocycles. The maximum absolute atomic E-state index is 5.19. The fourth-order valence-electron chi connectivity index (χ4n) is 2.67. The van der Waals surface area contributed by atoms with Gasteiger partial charge in [0.25, 0.3) is 0 Å². The lowest BCUT2D eigenvalue weighted by Crippen LogP contribution is -2.15. The van der Waals surface area contributed by atoms with Crippen LogP contribution in [0.25, 0.3) is 5.69 Å². The molecule has 136 valence electrons. The topological polar surface area (TPSA) is 68.1 Å². The average molecular weight is 352 g/mol. The van der Waals surface area contributed by atoms with Gasteiger partial charge < -0.3 is 15.0 Å².